The van der Waals surface area contributed by atoms with Gasteiger partial charge in [0.2, 0.25) is 5.88 Å². The van der Waals surface area contributed by atoms with Gasteiger partial charge in [-0.05, 0) is 18.2 Å². The largest absolute Gasteiger partial charge is 0.493 e. The van der Waals surface area contributed by atoms with Crippen LogP contribution in [0.1, 0.15) is 5.56 Å². The van der Waals surface area contributed by atoms with Gasteiger partial charge in [-0.2, -0.15) is 23.7 Å². The molecule has 1 aromatic carbocycles. The smallest absolute Gasteiger partial charge is 0.416 e. The maximum atomic E-state index is 12.4. The van der Waals surface area contributed by atoms with Crippen molar-refractivity contribution in [2.45, 2.75) is 6.18 Å². The van der Waals surface area contributed by atoms with Crippen LogP contribution in [-0.4, -0.2) is 5.11 Å². The zero-order valence-corrected chi connectivity index (χ0v) is 8.78. The van der Waals surface area contributed by atoms with Crippen LogP contribution in [0.2, 0.25) is 0 Å². The van der Waals surface area contributed by atoms with Crippen molar-refractivity contribution in [3.63, 3.8) is 0 Å². The molecule has 0 aliphatic rings. The van der Waals surface area contributed by atoms with Crippen molar-refractivity contribution in [3.05, 3.63) is 41.3 Å². The molecule has 0 spiro atoms. The van der Waals surface area contributed by atoms with Crippen molar-refractivity contribution in [2.75, 3.05) is 5.32 Å². The van der Waals surface area contributed by atoms with Gasteiger partial charge >= 0.3 is 6.18 Å². The Morgan fingerprint density at radius 1 is 1.22 bits per heavy atom. The number of aliphatic hydroxyl groups is 1. The molecule has 0 saturated heterocycles. The number of nitrogens with zero attached hydrogens (tertiary/aromatic N) is 2. The first-order valence-corrected chi connectivity index (χ1v) is 4.56. The fourth-order valence-corrected chi connectivity index (χ4v) is 1.10. The lowest BCUT2D eigenvalue weighted by atomic mass is 10.2. The first kappa shape index (κ1) is 13.4. The second kappa shape index (κ2) is 5.11. The van der Waals surface area contributed by atoms with E-state index in [2.05, 4.69) is 5.32 Å². The van der Waals surface area contributed by atoms with Gasteiger partial charge in [-0.3, -0.25) is 0 Å². The summed E-state index contributed by atoms with van der Waals surface area (Å²) in [6.07, 6.45) is -4.51. The average Bonchev–Trinajstić information content (AvgIpc) is 2.29. The van der Waals surface area contributed by atoms with Gasteiger partial charge < -0.3 is 10.4 Å². The van der Waals surface area contributed by atoms with Gasteiger partial charge in [0.1, 0.15) is 12.1 Å². The fraction of sp³-hybridized carbons (Fsp3) is 0.0909. The Morgan fingerprint density at radius 3 is 2.33 bits per heavy atom. The maximum Gasteiger partial charge on any atom is 0.416 e. The van der Waals surface area contributed by atoms with Crippen LogP contribution in [0.3, 0.4) is 0 Å². The molecule has 92 valence electrons. The molecule has 2 N–H and O–H groups in total. The highest BCUT2D eigenvalue weighted by Gasteiger charge is 2.30. The number of nitrogens with one attached hydrogen (secondary N) is 1. The summed E-state index contributed by atoms with van der Waals surface area (Å²) in [7, 11) is 0. The lowest BCUT2D eigenvalue weighted by molar-refractivity contribution is -0.137. The molecule has 0 heterocycles. The normalized spacial score (nSPS) is 10.1. The second-order valence-corrected chi connectivity index (χ2v) is 3.15. The van der Waals surface area contributed by atoms with Crippen molar-refractivity contribution in [2.24, 2.45) is 0 Å². The average molecular weight is 253 g/mol. The second-order valence-electron chi connectivity index (χ2n) is 3.15. The lowest BCUT2D eigenvalue weighted by Crippen LogP contribution is -2.07. The minimum Gasteiger partial charge on any atom is -0.493 e. The van der Waals surface area contributed by atoms with Crippen molar-refractivity contribution in [1.82, 2.24) is 0 Å². The summed E-state index contributed by atoms with van der Waals surface area (Å²) in [4.78, 5) is 0. The number of rotatable bonds is 2. The van der Waals surface area contributed by atoms with E-state index in [1.165, 1.54) is 18.2 Å². The van der Waals surface area contributed by atoms with Gasteiger partial charge in [-0.15, -0.1) is 0 Å². The maximum absolute atomic E-state index is 12.4. The van der Waals surface area contributed by atoms with E-state index in [1.807, 2.05) is 0 Å². The Kier molecular flexibility index (Phi) is 3.80. The Bertz CT molecular complexity index is 548. The SMILES string of the molecule is N#CC(C#N)=C(O)Nc1cccc(C(F)(F)F)c1. The Hall–Kier alpha value is -2.67. The van der Waals surface area contributed by atoms with Crippen LogP contribution in [-0.2, 0) is 6.18 Å². The van der Waals surface area contributed by atoms with Crippen molar-refractivity contribution in [1.29, 1.82) is 10.5 Å². The standard InChI is InChI=1S/C11H6F3N3O/c12-11(13,14)8-2-1-3-9(4-8)17-10(18)7(5-15)6-16/h1-4,17-18H. The van der Waals surface area contributed by atoms with Crippen LogP contribution >= 0.6 is 0 Å². The molecule has 0 atom stereocenters. The van der Waals surface area contributed by atoms with E-state index >= 15 is 0 Å². The molecule has 0 bridgehead atoms. The minimum atomic E-state index is -4.51. The number of allylic oxidation sites excluding steroid dienone is 1. The predicted octanol–water partition coefficient (Wildman–Crippen LogP) is 2.93. The van der Waals surface area contributed by atoms with Gasteiger partial charge in [0.15, 0.2) is 5.57 Å². The number of aliphatic hydroxyl groups excluding tert-OH is 1. The molecule has 0 aliphatic carbocycles. The van der Waals surface area contributed by atoms with Gasteiger partial charge in [0, 0.05) is 5.69 Å². The van der Waals surface area contributed by atoms with Crippen molar-refractivity contribution in [3.8, 4) is 12.1 Å². The number of hydrogen-bond acceptors (Lipinski definition) is 4. The summed E-state index contributed by atoms with van der Waals surface area (Å²) in [6.45, 7) is 0. The van der Waals surface area contributed by atoms with Gasteiger partial charge in [-0.1, -0.05) is 6.07 Å². The Labute approximate surface area is 100 Å². The van der Waals surface area contributed by atoms with E-state index in [-0.39, 0.29) is 5.69 Å². The first-order valence-electron chi connectivity index (χ1n) is 4.56. The summed E-state index contributed by atoms with van der Waals surface area (Å²) in [5.41, 5.74) is -1.60. The van der Waals surface area contributed by atoms with Gasteiger partial charge in [0.25, 0.3) is 0 Å². The zero-order chi connectivity index (χ0) is 13.8. The molecule has 1 rings (SSSR count). The lowest BCUT2D eigenvalue weighted by Gasteiger charge is -2.09. The van der Waals surface area contributed by atoms with Crippen molar-refractivity contribution >= 4 is 5.69 Å². The van der Waals surface area contributed by atoms with E-state index in [9.17, 15) is 18.3 Å². The third-order valence-corrected chi connectivity index (χ3v) is 1.91. The molecule has 0 aliphatic heterocycles. The van der Waals surface area contributed by atoms with E-state index < -0.39 is 23.2 Å². The number of halogens is 3. The molecule has 7 heteroatoms. The monoisotopic (exact) mass is 253 g/mol. The van der Waals surface area contributed by atoms with Crippen LogP contribution in [0.4, 0.5) is 18.9 Å². The number of nitriles is 2. The third kappa shape index (κ3) is 3.16. The molecule has 1 aromatic rings. The number of hydrogen-bond donors (Lipinski definition) is 2. The molecule has 4 nitrogen and oxygen atoms in total. The Balaban J connectivity index is 3.05. The molecular weight excluding hydrogens is 247 g/mol. The summed E-state index contributed by atoms with van der Waals surface area (Å²) >= 11 is 0. The summed E-state index contributed by atoms with van der Waals surface area (Å²) in [5.74, 6) is -0.792. The van der Waals surface area contributed by atoms with E-state index in [0.29, 0.717) is 0 Å². The van der Waals surface area contributed by atoms with E-state index in [1.54, 1.807) is 0 Å². The number of alkyl halides is 3. The highest BCUT2D eigenvalue weighted by Crippen LogP contribution is 2.30. The summed E-state index contributed by atoms with van der Waals surface area (Å²) in [6, 6.07) is 6.81. The highest BCUT2D eigenvalue weighted by molar-refractivity contribution is 5.53. The van der Waals surface area contributed by atoms with Crippen LogP contribution in [0.15, 0.2) is 35.7 Å². The molecular formula is C11H6F3N3O. The molecule has 0 saturated carbocycles. The van der Waals surface area contributed by atoms with Crippen LogP contribution in [0.25, 0.3) is 0 Å². The van der Waals surface area contributed by atoms with Crippen molar-refractivity contribution < 1.29 is 18.3 Å². The zero-order valence-electron chi connectivity index (χ0n) is 8.78. The molecule has 18 heavy (non-hydrogen) atoms. The summed E-state index contributed by atoms with van der Waals surface area (Å²) < 4.78 is 37.2. The molecule has 0 aromatic heterocycles. The predicted molar refractivity (Wildman–Crippen MR) is 55.9 cm³/mol. The molecule has 0 fully saturated rings. The third-order valence-electron chi connectivity index (χ3n) is 1.91. The van der Waals surface area contributed by atoms with Gasteiger partial charge in [0.05, 0.1) is 5.56 Å². The van der Waals surface area contributed by atoms with E-state index in [4.69, 9.17) is 10.5 Å². The molecule has 0 amide bonds. The Morgan fingerprint density at radius 2 is 1.83 bits per heavy atom. The van der Waals surface area contributed by atoms with Crippen LogP contribution < -0.4 is 5.32 Å². The number of benzene rings is 1. The topological polar surface area (TPSA) is 79.8 Å². The fourth-order valence-electron chi connectivity index (χ4n) is 1.10. The first-order chi connectivity index (χ1) is 8.38. The number of anilines is 1. The highest BCUT2D eigenvalue weighted by atomic mass is 19.4. The summed E-state index contributed by atoms with van der Waals surface area (Å²) in [5, 5.41) is 28.3. The quantitative estimate of drug-likeness (QED) is 0.627. The van der Waals surface area contributed by atoms with Crippen LogP contribution in [0.5, 0.6) is 0 Å². The molecule has 0 unspecified atom stereocenters. The minimum absolute atomic E-state index is 0.0784. The van der Waals surface area contributed by atoms with Crippen LogP contribution in [0, 0.1) is 22.7 Å². The van der Waals surface area contributed by atoms with E-state index in [0.717, 1.165) is 18.2 Å². The molecule has 0 radical (unpaired) electrons. The van der Waals surface area contributed by atoms with Gasteiger partial charge in [-0.25, -0.2) is 0 Å².